The summed E-state index contributed by atoms with van der Waals surface area (Å²) in [5.41, 5.74) is 10.4. The standard InChI is InChI=1S/C46H28O2S/c1-2-9-27(10-3-1)28-17-19-29(20-18-28)44-39-26-41-30(21-22-47-41)23-35(39)36-25-42-37(31-11-4-6-15-40(31)48-42)24-38(36)45(44)34-14-8-13-33-32-12-5-7-16-43(32)49-46(33)34/h1-13,15-26,34H,14H2. The predicted octanol–water partition coefficient (Wildman–Crippen LogP) is 13.7. The summed E-state index contributed by atoms with van der Waals surface area (Å²) in [6, 6.07) is 48.4. The van der Waals surface area contributed by atoms with Crippen LogP contribution in [0.2, 0.25) is 0 Å². The third-order valence-electron chi connectivity index (χ3n) is 10.5. The van der Waals surface area contributed by atoms with Crippen molar-refractivity contribution < 1.29 is 8.83 Å². The summed E-state index contributed by atoms with van der Waals surface area (Å²) in [6.07, 6.45) is 7.46. The van der Waals surface area contributed by atoms with Crippen molar-refractivity contribution in [2.24, 2.45) is 0 Å². The van der Waals surface area contributed by atoms with Crippen molar-refractivity contribution in [3.8, 4) is 22.3 Å². The van der Waals surface area contributed by atoms with E-state index in [2.05, 4.69) is 146 Å². The molecule has 1 aliphatic rings. The fourth-order valence-corrected chi connectivity index (χ4v) is 9.58. The second-order valence-corrected chi connectivity index (χ2v) is 14.2. The molecule has 3 heterocycles. The largest absolute Gasteiger partial charge is 0.464 e. The molecule has 0 aliphatic heterocycles. The van der Waals surface area contributed by atoms with Crippen LogP contribution in [0.3, 0.4) is 0 Å². The van der Waals surface area contributed by atoms with E-state index in [0.29, 0.717) is 0 Å². The molecule has 230 valence electrons. The van der Waals surface area contributed by atoms with Crippen LogP contribution in [0.1, 0.15) is 28.3 Å². The van der Waals surface area contributed by atoms with Crippen LogP contribution in [0.4, 0.5) is 0 Å². The molecule has 0 saturated carbocycles. The monoisotopic (exact) mass is 644 g/mol. The Kier molecular flexibility index (Phi) is 5.69. The number of fused-ring (bicyclic) bond motifs is 10. The second-order valence-electron chi connectivity index (χ2n) is 13.1. The molecular weight excluding hydrogens is 617 g/mol. The van der Waals surface area contributed by atoms with Crippen molar-refractivity contribution in [1.82, 2.24) is 0 Å². The first-order valence-corrected chi connectivity index (χ1v) is 17.7. The maximum absolute atomic E-state index is 6.51. The third kappa shape index (κ3) is 4.00. The highest BCUT2D eigenvalue weighted by molar-refractivity contribution is 7.19. The zero-order chi connectivity index (χ0) is 32.1. The van der Waals surface area contributed by atoms with E-state index in [0.717, 1.165) is 39.3 Å². The molecule has 0 fully saturated rings. The van der Waals surface area contributed by atoms with Gasteiger partial charge in [-0.15, -0.1) is 11.3 Å². The number of para-hydroxylation sites is 1. The van der Waals surface area contributed by atoms with Gasteiger partial charge >= 0.3 is 0 Å². The lowest BCUT2D eigenvalue weighted by atomic mass is 9.78. The van der Waals surface area contributed by atoms with Gasteiger partial charge in [-0.3, -0.25) is 0 Å². The van der Waals surface area contributed by atoms with Gasteiger partial charge in [-0.05, 0) is 109 Å². The highest BCUT2D eigenvalue weighted by atomic mass is 32.1. The molecule has 1 atom stereocenters. The van der Waals surface area contributed by atoms with Crippen molar-refractivity contribution in [3.05, 3.63) is 162 Å². The number of hydrogen-bond donors (Lipinski definition) is 0. The second kappa shape index (κ2) is 10.3. The maximum atomic E-state index is 6.51. The summed E-state index contributed by atoms with van der Waals surface area (Å²) < 4.78 is 13.9. The van der Waals surface area contributed by atoms with Gasteiger partial charge in [0.2, 0.25) is 0 Å². The van der Waals surface area contributed by atoms with Crippen LogP contribution in [-0.2, 0) is 0 Å². The molecule has 3 heteroatoms. The van der Waals surface area contributed by atoms with Crippen LogP contribution in [0, 0.1) is 0 Å². The Morgan fingerprint density at radius 3 is 2.16 bits per heavy atom. The SMILES string of the molecule is C1=Cc2c(sc3ccccc23)C(c2c(-c3ccc(-c4ccccc4)cc3)c3cc4occc4cc3c3cc4oc5ccccc5c4cc23)C1. The van der Waals surface area contributed by atoms with E-state index in [1.807, 2.05) is 11.3 Å². The van der Waals surface area contributed by atoms with Gasteiger partial charge in [0.1, 0.15) is 16.7 Å². The van der Waals surface area contributed by atoms with Crippen LogP contribution < -0.4 is 0 Å². The maximum Gasteiger partial charge on any atom is 0.136 e. The Hall–Kier alpha value is -5.90. The minimum Gasteiger partial charge on any atom is -0.464 e. The van der Waals surface area contributed by atoms with Crippen LogP contribution in [0.15, 0.2) is 155 Å². The lowest BCUT2D eigenvalue weighted by Gasteiger charge is -2.26. The molecule has 3 aromatic heterocycles. The number of benzene rings is 7. The van der Waals surface area contributed by atoms with Gasteiger partial charge in [0.15, 0.2) is 0 Å². The molecule has 2 nitrogen and oxygen atoms in total. The first-order chi connectivity index (χ1) is 24.3. The van der Waals surface area contributed by atoms with Crippen LogP contribution in [-0.4, -0.2) is 0 Å². The van der Waals surface area contributed by atoms with Crippen molar-refractivity contribution >= 4 is 82.0 Å². The Labute approximate surface area is 286 Å². The minimum absolute atomic E-state index is 0.177. The molecule has 11 rings (SSSR count). The van der Waals surface area contributed by atoms with Crippen molar-refractivity contribution in [2.45, 2.75) is 12.3 Å². The van der Waals surface area contributed by atoms with Gasteiger partial charge in [0, 0.05) is 31.7 Å². The summed E-state index contributed by atoms with van der Waals surface area (Å²) in [5.74, 6) is 0.177. The van der Waals surface area contributed by atoms with Crippen molar-refractivity contribution in [1.29, 1.82) is 0 Å². The fourth-order valence-electron chi connectivity index (χ4n) is 8.26. The number of hydrogen-bond acceptors (Lipinski definition) is 3. The normalized spacial score (nSPS) is 14.6. The topological polar surface area (TPSA) is 26.3 Å². The molecule has 0 N–H and O–H groups in total. The van der Waals surface area contributed by atoms with Gasteiger partial charge < -0.3 is 8.83 Å². The summed E-state index contributed by atoms with van der Waals surface area (Å²) in [5, 5.41) is 9.63. The first-order valence-electron chi connectivity index (χ1n) is 16.8. The molecule has 0 radical (unpaired) electrons. The Bertz CT molecular complexity index is 2950. The molecule has 0 amide bonds. The first kappa shape index (κ1) is 27.1. The summed E-state index contributed by atoms with van der Waals surface area (Å²) in [4.78, 5) is 1.43. The van der Waals surface area contributed by atoms with Crippen LogP contribution >= 0.6 is 11.3 Å². The average Bonchev–Trinajstić information content (AvgIpc) is 3.88. The predicted molar refractivity (Wildman–Crippen MR) is 207 cm³/mol. The number of allylic oxidation sites excluding steroid dienone is 1. The highest BCUT2D eigenvalue weighted by Crippen LogP contribution is 2.52. The van der Waals surface area contributed by atoms with Gasteiger partial charge in [0.05, 0.1) is 6.26 Å². The number of rotatable bonds is 3. The van der Waals surface area contributed by atoms with E-state index in [9.17, 15) is 0 Å². The molecule has 10 aromatic rings. The quantitative estimate of drug-likeness (QED) is 0.179. The van der Waals surface area contributed by atoms with E-state index in [1.54, 1.807) is 6.26 Å². The van der Waals surface area contributed by atoms with Crippen LogP contribution in [0.25, 0.3) is 92.9 Å². The summed E-state index contributed by atoms with van der Waals surface area (Å²) in [6.45, 7) is 0. The lowest BCUT2D eigenvalue weighted by Crippen LogP contribution is -2.07. The van der Waals surface area contributed by atoms with E-state index in [-0.39, 0.29) is 5.92 Å². The Morgan fingerprint density at radius 1 is 0.531 bits per heavy atom. The van der Waals surface area contributed by atoms with Crippen molar-refractivity contribution in [3.63, 3.8) is 0 Å². The Balaban J connectivity index is 1.30. The summed E-state index contributed by atoms with van der Waals surface area (Å²) >= 11 is 1.94. The van der Waals surface area contributed by atoms with Crippen molar-refractivity contribution in [2.75, 3.05) is 0 Å². The zero-order valence-electron chi connectivity index (χ0n) is 26.4. The Morgan fingerprint density at radius 2 is 1.27 bits per heavy atom. The lowest BCUT2D eigenvalue weighted by molar-refractivity contribution is 0.616. The average molecular weight is 645 g/mol. The zero-order valence-corrected chi connectivity index (χ0v) is 27.3. The summed E-state index contributed by atoms with van der Waals surface area (Å²) in [7, 11) is 0. The van der Waals surface area contributed by atoms with Crippen LogP contribution in [0.5, 0.6) is 0 Å². The molecule has 1 aliphatic carbocycles. The van der Waals surface area contributed by atoms with E-state index in [4.69, 9.17) is 8.83 Å². The van der Waals surface area contributed by atoms with Gasteiger partial charge in [0.25, 0.3) is 0 Å². The number of furan rings is 2. The molecule has 7 aromatic carbocycles. The molecule has 0 saturated heterocycles. The highest BCUT2D eigenvalue weighted by Gasteiger charge is 2.30. The van der Waals surface area contributed by atoms with Gasteiger partial charge in [-0.25, -0.2) is 0 Å². The minimum atomic E-state index is 0.177. The third-order valence-corrected chi connectivity index (χ3v) is 11.8. The molecular formula is C46H28O2S. The molecule has 0 bridgehead atoms. The van der Waals surface area contributed by atoms with Gasteiger partial charge in [-0.1, -0.05) is 103 Å². The molecule has 0 spiro atoms. The van der Waals surface area contributed by atoms with E-state index in [1.165, 1.54) is 69.9 Å². The fraction of sp³-hybridized carbons (Fsp3) is 0.0435. The molecule has 1 unspecified atom stereocenters. The van der Waals surface area contributed by atoms with E-state index < -0.39 is 0 Å². The smallest absolute Gasteiger partial charge is 0.136 e. The van der Waals surface area contributed by atoms with E-state index >= 15 is 0 Å². The molecule has 49 heavy (non-hydrogen) atoms. The van der Waals surface area contributed by atoms with Gasteiger partial charge in [-0.2, -0.15) is 0 Å². The number of thiophene rings is 1.